The average molecular weight is 451 g/mol. The molecule has 1 aromatic carbocycles. The molecule has 2 aromatic rings. The summed E-state index contributed by atoms with van der Waals surface area (Å²) in [7, 11) is -2.78. The van der Waals surface area contributed by atoms with Crippen molar-refractivity contribution in [2.45, 2.75) is 50.3 Å². The number of fused-ring (bicyclic) bond motifs is 1. The summed E-state index contributed by atoms with van der Waals surface area (Å²) >= 11 is 0. The fourth-order valence-electron chi connectivity index (χ4n) is 3.93. The Morgan fingerprint density at radius 3 is 2.84 bits per heavy atom. The Morgan fingerprint density at radius 1 is 1.42 bits per heavy atom. The summed E-state index contributed by atoms with van der Waals surface area (Å²) in [6.07, 6.45) is 2.54. The molecule has 2 heterocycles. The molecule has 31 heavy (non-hydrogen) atoms. The maximum absolute atomic E-state index is 13.2. The van der Waals surface area contributed by atoms with Gasteiger partial charge in [0.05, 0.1) is 23.5 Å². The second kappa shape index (κ2) is 10.0. The molecule has 1 aliphatic rings. The molecule has 0 radical (unpaired) electrons. The zero-order valence-corrected chi connectivity index (χ0v) is 18.9. The molecule has 1 aliphatic heterocycles. The van der Waals surface area contributed by atoms with E-state index in [4.69, 9.17) is 9.15 Å². The minimum atomic E-state index is -2.55. The van der Waals surface area contributed by atoms with Gasteiger partial charge in [-0.15, -0.1) is 0 Å². The van der Waals surface area contributed by atoms with E-state index in [1.54, 1.807) is 13.3 Å². The highest BCUT2D eigenvalue weighted by molar-refractivity contribution is 7.91. The first-order valence-corrected chi connectivity index (χ1v) is 11.9. The molecule has 0 saturated carbocycles. The Morgan fingerprint density at radius 2 is 2.16 bits per heavy atom. The molecule has 0 bridgehead atoms. The van der Waals surface area contributed by atoms with Gasteiger partial charge in [-0.2, -0.15) is 0 Å². The molecule has 1 amide bonds. The van der Waals surface area contributed by atoms with Gasteiger partial charge in [0, 0.05) is 19.0 Å². The fourth-order valence-corrected chi connectivity index (χ4v) is 6.09. The minimum absolute atomic E-state index is 0.0496. The molecule has 170 valence electrons. The van der Waals surface area contributed by atoms with Crippen molar-refractivity contribution in [3.05, 3.63) is 36.1 Å². The number of ether oxygens (including phenoxy) is 1. The third kappa shape index (κ3) is 5.23. The van der Waals surface area contributed by atoms with Crippen molar-refractivity contribution in [3.63, 3.8) is 0 Å². The van der Waals surface area contributed by atoms with Crippen LogP contribution in [0.4, 0.5) is 4.79 Å². The molecule has 0 aliphatic carbocycles. The monoisotopic (exact) mass is 451 g/mol. The highest BCUT2D eigenvalue weighted by atomic mass is 32.2. The minimum Gasteiger partial charge on any atom is -0.464 e. The summed E-state index contributed by atoms with van der Waals surface area (Å²) in [5, 5.41) is 22.7. The first-order valence-electron chi connectivity index (χ1n) is 10.4. The summed E-state index contributed by atoms with van der Waals surface area (Å²) in [4.78, 5) is 12.4. The van der Waals surface area contributed by atoms with E-state index in [1.807, 2.05) is 42.4 Å². The van der Waals surface area contributed by atoms with E-state index in [9.17, 15) is 19.1 Å². The molecule has 1 saturated heterocycles. The van der Waals surface area contributed by atoms with Crippen LogP contribution >= 0.6 is 0 Å². The number of nitrogens with zero attached hydrogens (tertiary/aromatic N) is 2. The van der Waals surface area contributed by atoms with Crippen LogP contribution in [0, 0.1) is 0 Å². The lowest BCUT2D eigenvalue weighted by Gasteiger charge is -2.29. The van der Waals surface area contributed by atoms with Gasteiger partial charge in [-0.1, -0.05) is 18.2 Å². The lowest BCUT2D eigenvalue weighted by molar-refractivity contribution is 0.123. The second-order valence-electron chi connectivity index (χ2n) is 7.93. The number of carbonyl (C=O) groups excluding carboxylic acids is 1. The molecule has 0 spiro atoms. The van der Waals surface area contributed by atoms with Crippen molar-refractivity contribution in [2.75, 3.05) is 20.2 Å². The van der Waals surface area contributed by atoms with Crippen LogP contribution in [0.2, 0.25) is 0 Å². The number of para-hydroxylation sites is 1. The Hall–Kier alpha value is -2.08. The van der Waals surface area contributed by atoms with Gasteiger partial charge in [-0.3, -0.25) is 0 Å². The Labute approximate surface area is 183 Å². The van der Waals surface area contributed by atoms with Crippen LogP contribution in [0.5, 0.6) is 0 Å². The predicted molar refractivity (Wildman–Crippen MR) is 120 cm³/mol. The number of hydrogen-bond donors (Lipinski definition) is 3. The number of hydrogen-bond acceptors (Lipinski definition) is 7. The Kier molecular flexibility index (Phi) is 7.63. The zero-order valence-electron chi connectivity index (χ0n) is 18.1. The van der Waals surface area contributed by atoms with Crippen molar-refractivity contribution < 1.29 is 28.2 Å². The van der Waals surface area contributed by atoms with Crippen molar-refractivity contribution in [2.24, 2.45) is 4.36 Å². The molecule has 11 heteroatoms. The standard InChI is InChI=1S/C20H30BN3O6S/c1-14(2)31(28,22-3)24-10-6-7-16(24)13-30-20(25)23-19(21(26)27)11-15-12-29-18-9-5-4-8-17(15)18/h4-5,8-9,12,14,16,19,26-27H,6-7,10-11,13H2,1-3H3,(H,23,25)/t16-,19+,31?/m1/s1. The summed E-state index contributed by atoms with van der Waals surface area (Å²) in [6.45, 7) is 4.42. The van der Waals surface area contributed by atoms with Crippen molar-refractivity contribution in [1.82, 2.24) is 9.62 Å². The third-order valence-corrected chi connectivity index (χ3v) is 8.51. The molecule has 3 atom stereocenters. The van der Waals surface area contributed by atoms with Crippen molar-refractivity contribution in [3.8, 4) is 0 Å². The number of carbonyl (C=O) groups is 1. The predicted octanol–water partition coefficient (Wildman–Crippen LogP) is 1.97. The number of alkyl carbamates (subject to hydrolysis) is 1. The third-order valence-electron chi connectivity index (χ3n) is 5.61. The molecular weight excluding hydrogens is 421 g/mol. The van der Waals surface area contributed by atoms with E-state index in [0.29, 0.717) is 12.1 Å². The molecule has 3 rings (SSSR count). The Balaban J connectivity index is 1.61. The largest absolute Gasteiger partial charge is 0.475 e. The van der Waals surface area contributed by atoms with E-state index in [2.05, 4.69) is 9.68 Å². The topological polar surface area (TPSA) is 125 Å². The summed E-state index contributed by atoms with van der Waals surface area (Å²) < 4.78 is 30.0. The van der Waals surface area contributed by atoms with Gasteiger partial charge in [0.15, 0.2) is 0 Å². The van der Waals surface area contributed by atoms with Gasteiger partial charge < -0.3 is 24.5 Å². The van der Waals surface area contributed by atoms with Crippen LogP contribution in [-0.4, -0.2) is 69.2 Å². The van der Waals surface area contributed by atoms with Gasteiger partial charge in [0.25, 0.3) is 0 Å². The highest BCUT2D eigenvalue weighted by Gasteiger charge is 2.35. The highest BCUT2D eigenvalue weighted by Crippen LogP contribution is 2.26. The number of furan rings is 1. The first kappa shape index (κ1) is 23.6. The van der Waals surface area contributed by atoms with Gasteiger partial charge in [-0.05, 0) is 44.7 Å². The van der Waals surface area contributed by atoms with Crippen LogP contribution < -0.4 is 5.32 Å². The van der Waals surface area contributed by atoms with Crippen molar-refractivity contribution in [1.29, 1.82) is 0 Å². The van der Waals surface area contributed by atoms with Crippen LogP contribution in [0.15, 0.2) is 39.3 Å². The Bertz CT molecular complexity index is 1020. The van der Waals surface area contributed by atoms with Gasteiger partial charge in [-0.25, -0.2) is 17.7 Å². The summed E-state index contributed by atoms with van der Waals surface area (Å²) in [5.74, 6) is -0.973. The maximum Gasteiger partial charge on any atom is 0.475 e. The normalized spacial score (nSPS) is 19.9. The van der Waals surface area contributed by atoms with E-state index in [1.165, 1.54) is 0 Å². The average Bonchev–Trinajstić information content (AvgIpc) is 3.38. The molecule has 1 fully saturated rings. The van der Waals surface area contributed by atoms with E-state index >= 15 is 0 Å². The smallest absolute Gasteiger partial charge is 0.464 e. The number of amides is 1. The summed E-state index contributed by atoms with van der Waals surface area (Å²) in [5.41, 5.74) is 1.43. The van der Waals surface area contributed by atoms with Crippen LogP contribution in [0.3, 0.4) is 0 Å². The van der Waals surface area contributed by atoms with Gasteiger partial charge in [0.1, 0.15) is 22.1 Å². The van der Waals surface area contributed by atoms with E-state index in [0.717, 1.165) is 23.8 Å². The number of rotatable bonds is 8. The van der Waals surface area contributed by atoms with Gasteiger partial charge in [0.2, 0.25) is 0 Å². The summed E-state index contributed by atoms with van der Waals surface area (Å²) in [6, 6.07) is 7.20. The SMILES string of the molecule is CN=S(=O)(C(C)C)N1CCC[C@@H]1COC(=O)N[C@@H](Cc1coc2ccccc12)B(O)O. The molecule has 9 nitrogen and oxygen atoms in total. The van der Waals surface area contributed by atoms with Gasteiger partial charge >= 0.3 is 13.2 Å². The lowest BCUT2D eigenvalue weighted by atomic mass is 9.76. The van der Waals surface area contributed by atoms with Crippen LogP contribution in [0.25, 0.3) is 11.0 Å². The van der Waals surface area contributed by atoms with Crippen molar-refractivity contribution >= 4 is 34.1 Å². The fraction of sp³-hybridized carbons (Fsp3) is 0.550. The molecule has 3 N–H and O–H groups in total. The van der Waals surface area contributed by atoms with E-state index in [-0.39, 0.29) is 24.3 Å². The number of benzene rings is 1. The van der Waals surface area contributed by atoms with Crippen LogP contribution in [-0.2, 0) is 21.1 Å². The van der Waals surface area contributed by atoms with Crippen LogP contribution in [0.1, 0.15) is 32.3 Å². The molecule has 1 aromatic heterocycles. The van der Waals surface area contributed by atoms with E-state index < -0.39 is 29.1 Å². The molecular formula is C20H30BN3O6S. The second-order valence-corrected chi connectivity index (χ2v) is 10.8. The number of nitrogens with one attached hydrogen (secondary N) is 1. The zero-order chi connectivity index (χ0) is 22.6. The molecule has 1 unspecified atom stereocenters. The maximum atomic E-state index is 13.2. The quantitative estimate of drug-likeness (QED) is 0.527. The lowest BCUT2D eigenvalue weighted by Crippen LogP contribution is -2.49. The first-order chi connectivity index (χ1) is 14.8.